The summed E-state index contributed by atoms with van der Waals surface area (Å²) < 4.78 is 38.8. The summed E-state index contributed by atoms with van der Waals surface area (Å²) in [6.45, 7) is 13.9. The van der Waals surface area contributed by atoms with Gasteiger partial charge in [0.25, 0.3) is 0 Å². The largest absolute Gasteiger partial charge is 1.00 e. The zero-order chi connectivity index (χ0) is 40.1. The molecule has 1 aliphatic rings. The summed E-state index contributed by atoms with van der Waals surface area (Å²) in [6.07, 6.45) is 5.71. The van der Waals surface area contributed by atoms with Crippen LogP contribution in [-0.2, 0) is 41.2 Å². The van der Waals surface area contributed by atoms with Crippen LogP contribution in [0, 0.1) is 6.08 Å². The third kappa shape index (κ3) is 11.3. The van der Waals surface area contributed by atoms with Crippen molar-refractivity contribution < 1.29 is 62.2 Å². The first-order valence-electron chi connectivity index (χ1n) is 19.0. The van der Waals surface area contributed by atoms with Crippen LogP contribution in [0.4, 0.5) is 13.2 Å². The fourth-order valence-electron chi connectivity index (χ4n) is 7.02. The van der Waals surface area contributed by atoms with E-state index in [9.17, 15) is 13.2 Å². The molecule has 296 valence electrons. The molecule has 0 N–H and O–H groups in total. The number of hydrogen-bond acceptors (Lipinski definition) is 0. The van der Waals surface area contributed by atoms with Crippen LogP contribution >= 0.6 is 0 Å². The maximum absolute atomic E-state index is 12.6. The number of benzene rings is 6. The van der Waals surface area contributed by atoms with E-state index >= 15 is 0 Å². The molecule has 0 nitrogen and oxygen atoms in total. The van der Waals surface area contributed by atoms with Crippen molar-refractivity contribution in [1.29, 1.82) is 0 Å². The molecule has 7 aromatic rings. The molecule has 0 heterocycles. The molecule has 0 aromatic heterocycles. The maximum Gasteiger partial charge on any atom is -0.109 e. The van der Waals surface area contributed by atoms with Gasteiger partial charge >= 0.3 is 118 Å². The number of alkyl halides is 3. The van der Waals surface area contributed by atoms with E-state index in [1.807, 2.05) is 42.5 Å². The van der Waals surface area contributed by atoms with Gasteiger partial charge in [0.05, 0.1) is 0 Å². The summed E-state index contributed by atoms with van der Waals surface area (Å²) in [6, 6.07) is 48.7. The predicted octanol–water partition coefficient (Wildman–Crippen LogP) is 8.78. The first-order chi connectivity index (χ1) is 26.6. The Kier molecular flexibility index (Phi) is 15.8. The Morgan fingerprint density at radius 3 is 1.40 bits per heavy atom. The van der Waals surface area contributed by atoms with Crippen molar-refractivity contribution in [2.75, 3.05) is 0 Å². The minimum atomic E-state index is -4.29. The Labute approximate surface area is 369 Å². The van der Waals surface area contributed by atoms with Crippen LogP contribution in [0.2, 0.25) is 0 Å². The van der Waals surface area contributed by atoms with E-state index in [1.54, 1.807) is 6.07 Å². The summed E-state index contributed by atoms with van der Waals surface area (Å²) >= 11 is 1.09. The van der Waals surface area contributed by atoms with E-state index in [1.165, 1.54) is 67.1 Å². The van der Waals surface area contributed by atoms with Gasteiger partial charge in [-0.3, -0.25) is 6.08 Å². The smallest absolute Gasteiger partial charge is 0.109 e. The SMILES string of the molecule is CC(C)(C)c1cc2c(cc1-c1ccccc1)[cH-]c1cc(-c3ccccc3)c(C(C)(C)C)cc12.FC(F)(F)c1cccc([C](=[Zr+2])c2ccccc2)c1.[C-]1=CC=CC1.[Cl-].[Cl-]. The number of hydrogen-bond donors (Lipinski definition) is 0. The Morgan fingerprint density at radius 1 is 0.569 bits per heavy atom. The molecule has 8 rings (SSSR count). The molecule has 0 saturated heterocycles. The molecule has 0 unspecified atom stereocenters. The van der Waals surface area contributed by atoms with E-state index in [0.29, 0.717) is 5.56 Å². The molecule has 0 spiro atoms. The van der Waals surface area contributed by atoms with Gasteiger partial charge in [0.2, 0.25) is 0 Å². The monoisotopic (exact) mass is 888 g/mol. The second kappa shape index (κ2) is 19.7. The summed E-state index contributed by atoms with van der Waals surface area (Å²) in [5, 5.41) is 5.36. The minimum Gasteiger partial charge on any atom is -1.00 e. The van der Waals surface area contributed by atoms with Crippen molar-refractivity contribution in [1.82, 2.24) is 0 Å². The molecular weight excluding hydrogens is 844 g/mol. The quantitative estimate of drug-likeness (QED) is 0.155. The summed E-state index contributed by atoms with van der Waals surface area (Å²) in [7, 11) is 0. The van der Waals surface area contributed by atoms with Crippen LogP contribution < -0.4 is 24.8 Å². The second-order valence-corrected chi connectivity index (χ2v) is 17.4. The van der Waals surface area contributed by atoms with Crippen LogP contribution in [-0.4, -0.2) is 3.21 Å². The molecule has 7 aromatic carbocycles. The van der Waals surface area contributed by atoms with Crippen molar-refractivity contribution in [2.45, 2.75) is 65.0 Å². The number of rotatable bonds is 4. The molecule has 0 amide bonds. The fraction of sp³-hybridized carbons (Fsp3) is 0.192. The summed E-state index contributed by atoms with van der Waals surface area (Å²) in [5.74, 6) is 0. The third-order valence-corrected chi connectivity index (χ3v) is 11.3. The topological polar surface area (TPSA) is 0 Å². The fourth-order valence-corrected chi connectivity index (χ4v) is 7.81. The number of halogens is 5. The molecule has 0 saturated carbocycles. The molecule has 6 heteroatoms. The minimum absolute atomic E-state index is 0. The van der Waals surface area contributed by atoms with Gasteiger partial charge in [-0.1, -0.05) is 114 Å². The van der Waals surface area contributed by atoms with Crippen LogP contribution in [0.3, 0.4) is 0 Å². The molecule has 0 bridgehead atoms. The van der Waals surface area contributed by atoms with Crippen LogP contribution in [0.1, 0.15) is 75.8 Å². The zero-order valence-corrected chi connectivity index (χ0v) is 37.7. The first kappa shape index (κ1) is 46.5. The molecule has 0 atom stereocenters. The average molecular weight is 891 g/mol. The van der Waals surface area contributed by atoms with Gasteiger partial charge in [0.15, 0.2) is 0 Å². The predicted molar refractivity (Wildman–Crippen MR) is 228 cm³/mol. The van der Waals surface area contributed by atoms with Gasteiger partial charge in [0.1, 0.15) is 0 Å². The molecular formula is C52H47Cl2F3Zr-2. The first-order valence-corrected chi connectivity index (χ1v) is 20.2. The van der Waals surface area contributed by atoms with Gasteiger partial charge in [-0.2, -0.15) is 6.08 Å². The molecule has 0 radical (unpaired) electrons. The molecule has 0 fully saturated rings. The van der Waals surface area contributed by atoms with E-state index in [4.69, 9.17) is 0 Å². The maximum atomic E-state index is 12.6. The van der Waals surface area contributed by atoms with E-state index in [-0.39, 0.29) is 35.6 Å². The Bertz CT molecular complexity index is 2380. The van der Waals surface area contributed by atoms with Crippen molar-refractivity contribution in [3.63, 3.8) is 0 Å². The molecule has 58 heavy (non-hydrogen) atoms. The standard InChI is InChI=1S/C33H33.C14H9F3.C5H5.2ClH.Zr/c1-32(2,3)30-20-26-24(18-28(30)22-13-9-7-10-14-22)17-25-19-29(23-15-11-8-12-16-23)31(21-27(25)26)33(4,5)6;15-14(16,17)13-8-4-7-12(10-13)9-11-5-2-1-3-6-11;1-2-4-5-3-1;;;/h7-21H,1-6H3;1-8,10H;1-3H,4H2;2*1H;/q-1;;-1;;;+2/p-2. The van der Waals surface area contributed by atoms with Gasteiger partial charge < -0.3 is 24.8 Å². The van der Waals surface area contributed by atoms with Crippen molar-refractivity contribution in [3.8, 4) is 22.3 Å². The van der Waals surface area contributed by atoms with Crippen LogP contribution in [0.15, 0.2) is 164 Å². The van der Waals surface area contributed by atoms with Crippen molar-refractivity contribution in [3.05, 3.63) is 198 Å². The van der Waals surface area contributed by atoms with Crippen molar-refractivity contribution in [2.24, 2.45) is 0 Å². The van der Waals surface area contributed by atoms with E-state index in [0.717, 1.165) is 45.5 Å². The van der Waals surface area contributed by atoms with Gasteiger partial charge in [-0.25, -0.2) is 12.2 Å². The third-order valence-electron chi connectivity index (χ3n) is 9.89. The van der Waals surface area contributed by atoms with Gasteiger partial charge in [0, 0.05) is 0 Å². The van der Waals surface area contributed by atoms with Gasteiger partial charge in [-0.05, 0) is 44.2 Å². The Morgan fingerprint density at radius 2 is 1.02 bits per heavy atom. The Hall–Kier alpha value is -4.21. The van der Waals surface area contributed by atoms with Crippen LogP contribution in [0.25, 0.3) is 43.8 Å². The second-order valence-electron chi connectivity index (χ2n) is 16.2. The average Bonchev–Trinajstić information content (AvgIpc) is 3.89. The van der Waals surface area contributed by atoms with E-state index in [2.05, 4.69) is 145 Å². The Balaban J connectivity index is 0.000000250. The normalized spacial score (nSPS) is 12.2. The summed E-state index contributed by atoms with van der Waals surface area (Å²) in [4.78, 5) is 0. The van der Waals surface area contributed by atoms with Gasteiger partial charge in [-0.15, -0.1) is 46.2 Å². The molecule has 0 aliphatic heterocycles. The van der Waals surface area contributed by atoms with Crippen LogP contribution in [0.5, 0.6) is 0 Å². The summed E-state index contributed by atoms with van der Waals surface area (Å²) in [5.41, 5.74) is 9.16. The number of fused-ring (bicyclic) bond motifs is 3. The zero-order valence-electron chi connectivity index (χ0n) is 33.7. The molecule has 1 aliphatic carbocycles. The van der Waals surface area contributed by atoms with E-state index < -0.39 is 11.7 Å². The van der Waals surface area contributed by atoms with Crippen molar-refractivity contribution >= 4 is 24.8 Å². The number of allylic oxidation sites excluding steroid dienone is 4.